The second-order valence-electron chi connectivity index (χ2n) is 5.88. The molecule has 0 bridgehead atoms. The number of piperazine rings is 1. The van der Waals surface area contributed by atoms with Gasteiger partial charge in [0.1, 0.15) is 5.01 Å². The summed E-state index contributed by atoms with van der Waals surface area (Å²) in [6.07, 6.45) is 0.0477. The van der Waals surface area contributed by atoms with E-state index >= 15 is 0 Å². The fraction of sp³-hybridized carbons (Fsp3) is 0.412. The van der Waals surface area contributed by atoms with Crippen LogP contribution in [0.4, 0.5) is 0 Å². The largest absolute Gasteiger partial charge is 0.455 e. The molecule has 0 atom stereocenters. The van der Waals surface area contributed by atoms with Gasteiger partial charge in [-0.1, -0.05) is 0 Å². The van der Waals surface area contributed by atoms with Crippen LogP contribution in [0.2, 0.25) is 0 Å². The minimum absolute atomic E-state index is 0.00797. The molecule has 7 nitrogen and oxygen atoms in total. The van der Waals surface area contributed by atoms with Gasteiger partial charge in [0, 0.05) is 49.4 Å². The first-order valence-electron chi connectivity index (χ1n) is 8.19. The van der Waals surface area contributed by atoms with Crippen molar-refractivity contribution < 1.29 is 19.1 Å². The molecule has 2 aromatic rings. The van der Waals surface area contributed by atoms with Crippen LogP contribution in [0.1, 0.15) is 12.6 Å². The first-order valence-corrected chi connectivity index (χ1v) is 10.0. The maximum absolute atomic E-state index is 12.1. The molecule has 0 aliphatic carbocycles. The number of nitrogens with zero attached hydrogens (tertiary/aromatic N) is 3. The van der Waals surface area contributed by atoms with E-state index in [0.29, 0.717) is 31.9 Å². The van der Waals surface area contributed by atoms with Crippen LogP contribution in [-0.2, 0) is 25.5 Å². The third-order valence-electron chi connectivity index (χ3n) is 4.08. The summed E-state index contributed by atoms with van der Waals surface area (Å²) in [6.45, 7) is 3.19. The Bertz CT molecular complexity index is 780. The molecule has 9 heteroatoms. The minimum Gasteiger partial charge on any atom is -0.455 e. The van der Waals surface area contributed by atoms with E-state index in [1.807, 2.05) is 22.2 Å². The molecule has 2 aromatic heterocycles. The van der Waals surface area contributed by atoms with E-state index in [9.17, 15) is 14.4 Å². The number of aromatic nitrogens is 1. The minimum atomic E-state index is -0.470. The summed E-state index contributed by atoms with van der Waals surface area (Å²) in [6, 6.07) is 1.98. The maximum Gasteiger partial charge on any atom is 0.312 e. The van der Waals surface area contributed by atoms with Crippen molar-refractivity contribution in [3.8, 4) is 10.6 Å². The number of carbonyl (C=O) groups excluding carboxylic acids is 3. The molecule has 0 radical (unpaired) electrons. The van der Waals surface area contributed by atoms with E-state index in [1.165, 1.54) is 18.3 Å². The number of rotatable bonds is 5. The Balaban J connectivity index is 1.43. The second kappa shape index (κ2) is 8.41. The predicted molar refractivity (Wildman–Crippen MR) is 98.9 cm³/mol. The number of thiophene rings is 1. The van der Waals surface area contributed by atoms with Gasteiger partial charge in [0.25, 0.3) is 5.91 Å². The Hall–Kier alpha value is -2.26. The highest BCUT2D eigenvalue weighted by Gasteiger charge is 2.23. The van der Waals surface area contributed by atoms with Crippen molar-refractivity contribution in [3.05, 3.63) is 27.9 Å². The quantitative estimate of drug-likeness (QED) is 0.722. The van der Waals surface area contributed by atoms with Crippen LogP contribution in [-0.4, -0.2) is 65.4 Å². The van der Waals surface area contributed by atoms with Gasteiger partial charge in [0.2, 0.25) is 5.91 Å². The van der Waals surface area contributed by atoms with Gasteiger partial charge in [-0.15, -0.1) is 11.3 Å². The lowest BCUT2D eigenvalue weighted by Crippen LogP contribution is -2.51. The van der Waals surface area contributed by atoms with Crippen LogP contribution in [0.3, 0.4) is 0 Å². The summed E-state index contributed by atoms with van der Waals surface area (Å²) in [7, 11) is 0. The number of ether oxygens (including phenoxy) is 1. The molecular formula is C17H19N3O4S2. The van der Waals surface area contributed by atoms with Gasteiger partial charge in [-0.3, -0.25) is 14.4 Å². The van der Waals surface area contributed by atoms with Crippen LogP contribution in [0.25, 0.3) is 10.6 Å². The Morgan fingerprint density at radius 1 is 1.15 bits per heavy atom. The summed E-state index contributed by atoms with van der Waals surface area (Å²) in [5.74, 6) is -0.699. The lowest BCUT2D eigenvalue weighted by molar-refractivity contribution is -0.152. The summed E-state index contributed by atoms with van der Waals surface area (Å²) >= 11 is 3.07. The van der Waals surface area contributed by atoms with Gasteiger partial charge in [0.05, 0.1) is 12.1 Å². The van der Waals surface area contributed by atoms with Crippen LogP contribution < -0.4 is 0 Å². The van der Waals surface area contributed by atoms with Crippen LogP contribution in [0.15, 0.2) is 22.2 Å². The topological polar surface area (TPSA) is 79.8 Å². The molecule has 1 saturated heterocycles. The van der Waals surface area contributed by atoms with Crippen molar-refractivity contribution in [1.29, 1.82) is 0 Å². The number of hydrogen-bond donors (Lipinski definition) is 0. The standard InChI is InChI=1S/C17H19N3O4S2/c1-12(21)19-3-5-20(6-4-19)15(22)9-24-16(23)8-14-11-26-17(18-14)13-2-7-25-10-13/h2,7,10-11H,3-6,8-9H2,1H3. The van der Waals surface area contributed by atoms with Crippen molar-refractivity contribution in [2.45, 2.75) is 13.3 Å². The molecule has 3 heterocycles. The normalized spacial score (nSPS) is 14.3. The van der Waals surface area contributed by atoms with E-state index in [2.05, 4.69) is 4.98 Å². The summed E-state index contributed by atoms with van der Waals surface area (Å²) < 4.78 is 5.09. The molecule has 1 aliphatic heterocycles. The first kappa shape index (κ1) is 18.5. The molecular weight excluding hydrogens is 374 g/mol. The van der Waals surface area contributed by atoms with E-state index in [0.717, 1.165) is 10.6 Å². The fourth-order valence-corrected chi connectivity index (χ4v) is 4.14. The zero-order valence-corrected chi connectivity index (χ0v) is 16.0. The zero-order valence-electron chi connectivity index (χ0n) is 14.3. The molecule has 2 amide bonds. The summed E-state index contributed by atoms with van der Waals surface area (Å²) in [5.41, 5.74) is 1.68. The van der Waals surface area contributed by atoms with E-state index in [4.69, 9.17) is 4.74 Å². The van der Waals surface area contributed by atoms with Crippen LogP contribution in [0, 0.1) is 0 Å². The average Bonchev–Trinajstić information content (AvgIpc) is 3.31. The molecule has 1 fully saturated rings. The van der Waals surface area contributed by atoms with Crippen molar-refractivity contribution in [1.82, 2.24) is 14.8 Å². The van der Waals surface area contributed by atoms with Gasteiger partial charge in [-0.05, 0) is 11.4 Å². The van der Waals surface area contributed by atoms with Crippen molar-refractivity contribution in [3.63, 3.8) is 0 Å². The van der Waals surface area contributed by atoms with Gasteiger partial charge in [-0.2, -0.15) is 11.3 Å². The molecule has 0 aromatic carbocycles. The first-order chi connectivity index (χ1) is 12.5. The Morgan fingerprint density at radius 3 is 2.54 bits per heavy atom. The molecule has 3 rings (SSSR count). The second-order valence-corrected chi connectivity index (χ2v) is 7.52. The van der Waals surface area contributed by atoms with Crippen LogP contribution >= 0.6 is 22.7 Å². The molecule has 0 saturated carbocycles. The fourth-order valence-electron chi connectivity index (χ4n) is 2.61. The Kier molecular flexibility index (Phi) is 6.00. The highest BCUT2D eigenvalue weighted by Crippen LogP contribution is 2.25. The SMILES string of the molecule is CC(=O)N1CCN(C(=O)COC(=O)Cc2csc(-c3ccsc3)n2)CC1. The molecule has 26 heavy (non-hydrogen) atoms. The zero-order chi connectivity index (χ0) is 18.5. The number of hydrogen-bond acceptors (Lipinski definition) is 7. The molecule has 0 unspecified atom stereocenters. The molecule has 0 N–H and O–H groups in total. The maximum atomic E-state index is 12.1. The average molecular weight is 393 g/mol. The van der Waals surface area contributed by atoms with Crippen molar-refractivity contribution in [2.75, 3.05) is 32.8 Å². The summed E-state index contributed by atoms with van der Waals surface area (Å²) in [4.78, 5) is 43.1. The van der Waals surface area contributed by atoms with Gasteiger partial charge in [-0.25, -0.2) is 4.98 Å². The van der Waals surface area contributed by atoms with E-state index < -0.39 is 5.97 Å². The van der Waals surface area contributed by atoms with Crippen LogP contribution in [0.5, 0.6) is 0 Å². The van der Waals surface area contributed by atoms with E-state index in [-0.39, 0.29) is 24.8 Å². The third-order valence-corrected chi connectivity index (χ3v) is 5.70. The molecule has 0 spiro atoms. The van der Waals surface area contributed by atoms with Gasteiger partial charge < -0.3 is 14.5 Å². The highest BCUT2D eigenvalue weighted by molar-refractivity contribution is 7.14. The smallest absolute Gasteiger partial charge is 0.312 e. The van der Waals surface area contributed by atoms with Crippen molar-refractivity contribution >= 4 is 40.5 Å². The number of thiazole rings is 1. The van der Waals surface area contributed by atoms with Gasteiger partial charge in [0.15, 0.2) is 6.61 Å². The predicted octanol–water partition coefficient (Wildman–Crippen LogP) is 1.65. The Labute approximate surface area is 159 Å². The van der Waals surface area contributed by atoms with E-state index in [1.54, 1.807) is 21.1 Å². The number of amides is 2. The number of esters is 1. The highest BCUT2D eigenvalue weighted by atomic mass is 32.1. The molecule has 1 aliphatic rings. The lowest BCUT2D eigenvalue weighted by Gasteiger charge is -2.34. The van der Waals surface area contributed by atoms with Crippen molar-refractivity contribution in [2.24, 2.45) is 0 Å². The lowest BCUT2D eigenvalue weighted by atomic mass is 10.3. The Morgan fingerprint density at radius 2 is 1.88 bits per heavy atom. The third kappa shape index (κ3) is 4.67. The molecule has 138 valence electrons. The number of carbonyl (C=O) groups is 3. The van der Waals surface area contributed by atoms with Gasteiger partial charge >= 0.3 is 5.97 Å². The summed E-state index contributed by atoms with van der Waals surface area (Å²) in [5, 5.41) is 6.68. The monoisotopic (exact) mass is 393 g/mol.